The van der Waals surface area contributed by atoms with Gasteiger partial charge in [0.05, 0.1) is 0 Å². The van der Waals surface area contributed by atoms with Crippen molar-refractivity contribution < 1.29 is 0 Å². The Morgan fingerprint density at radius 3 is 2.76 bits per heavy atom. The molecule has 3 rings (SSSR count). The predicted octanol–water partition coefficient (Wildman–Crippen LogP) is 2.24. The van der Waals surface area contributed by atoms with Gasteiger partial charge in [-0.1, -0.05) is 6.42 Å². The van der Waals surface area contributed by atoms with Crippen molar-refractivity contribution in [3.63, 3.8) is 0 Å². The van der Waals surface area contributed by atoms with Crippen molar-refractivity contribution in [2.24, 2.45) is 0 Å². The van der Waals surface area contributed by atoms with Gasteiger partial charge in [0, 0.05) is 23.7 Å². The molecule has 2 heterocycles. The SMILES string of the molecule is Cc1nccn1-c1ncnc2c1CCCCC2. The summed E-state index contributed by atoms with van der Waals surface area (Å²) in [5.41, 5.74) is 2.53. The molecule has 17 heavy (non-hydrogen) atoms. The van der Waals surface area contributed by atoms with Crippen LogP contribution in [0.4, 0.5) is 0 Å². The van der Waals surface area contributed by atoms with Crippen molar-refractivity contribution >= 4 is 0 Å². The number of imidazole rings is 1. The number of fused-ring (bicyclic) bond motifs is 1. The third-order valence-electron chi connectivity index (χ3n) is 3.41. The maximum Gasteiger partial charge on any atom is 0.144 e. The van der Waals surface area contributed by atoms with Gasteiger partial charge in [0.1, 0.15) is 18.0 Å². The van der Waals surface area contributed by atoms with E-state index in [2.05, 4.69) is 19.5 Å². The molecular formula is C13H16N4. The lowest BCUT2D eigenvalue weighted by Gasteiger charge is -2.11. The summed E-state index contributed by atoms with van der Waals surface area (Å²) < 4.78 is 2.06. The van der Waals surface area contributed by atoms with Gasteiger partial charge in [0.2, 0.25) is 0 Å². The van der Waals surface area contributed by atoms with Crippen LogP contribution in [0.2, 0.25) is 0 Å². The number of hydrogen-bond acceptors (Lipinski definition) is 3. The predicted molar refractivity (Wildman–Crippen MR) is 65.2 cm³/mol. The molecule has 88 valence electrons. The van der Waals surface area contributed by atoms with Crippen LogP contribution in [0.3, 0.4) is 0 Å². The van der Waals surface area contributed by atoms with Crippen molar-refractivity contribution in [1.82, 2.24) is 19.5 Å². The van der Waals surface area contributed by atoms with E-state index in [0.717, 1.165) is 24.5 Å². The molecule has 0 saturated carbocycles. The molecule has 2 aromatic heterocycles. The summed E-state index contributed by atoms with van der Waals surface area (Å²) in [5.74, 6) is 2.00. The van der Waals surface area contributed by atoms with E-state index in [-0.39, 0.29) is 0 Å². The first-order valence-electron chi connectivity index (χ1n) is 6.19. The highest BCUT2D eigenvalue weighted by Gasteiger charge is 2.16. The summed E-state index contributed by atoms with van der Waals surface area (Å²) in [4.78, 5) is 13.2. The second-order valence-corrected chi connectivity index (χ2v) is 4.53. The van der Waals surface area contributed by atoms with Gasteiger partial charge < -0.3 is 0 Å². The first kappa shape index (κ1) is 10.4. The number of aryl methyl sites for hydroxylation is 2. The van der Waals surface area contributed by atoms with Crippen LogP contribution in [-0.4, -0.2) is 19.5 Å². The van der Waals surface area contributed by atoms with Crippen LogP contribution >= 0.6 is 0 Å². The normalized spacial score (nSPS) is 15.4. The van der Waals surface area contributed by atoms with Crippen LogP contribution in [-0.2, 0) is 12.8 Å². The topological polar surface area (TPSA) is 43.6 Å². The highest BCUT2D eigenvalue weighted by atomic mass is 15.1. The monoisotopic (exact) mass is 228 g/mol. The molecule has 1 aliphatic rings. The van der Waals surface area contributed by atoms with Crippen molar-refractivity contribution in [3.8, 4) is 5.82 Å². The maximum atomic E-state index is 4.45. The first-order chi connectivity index (χ1) is 8.36. The van der Waals surface area contributed by atoms with Gasteiger partial charge in [0.15, 0.2) is 0 Å². The third kappa shape index (κ3) is 1.84. The minimum Gasteiger partial charge on any atom is -0.288 e. The summed E-state index contributed by atoms with van der Waals surface area (Å²) in [6, 6.07) is 0. The van der Waals surface area contributed by atoms with E-state index >= 15 is 0 Å². The highest BCUT2D eigenvalue weighted by Crippen LogP contribution is 2.23. The van der Waals surface area contributed by atoms with Crippen molar-refractivity contribution in [3.05, 3.63) is 35.8 Å². The van der Waals surface area contributed by atoms with Crippen LogP contribution in [0.25, 0.3) is 5.82 Å². The Hall–Kier alpha value is -1.71. The zero-order chi connectivity index (χ0) is 11.7. The standard InChI is InChI=1S/C13H16N4/c1-10-14-7-8-17(10)13-11-5-3-2-4-6-12(11)15-9-16-13/h7-9H,2-6H2,1H3. The van der Waals surface area contributed by atoms with Crippen LogP contribution in [0, 0.1) is 6.92 Å². The van der Waals surface area contributed by atoms with Crippen LogP contribution in [0.15, 0.2) is 18.7 Å². The van der Waals surface area contributed by atoms with Crippen molar-refractivity contribution in [1.29, 1.82) is 0 Å². The Morgan fingerprint density at radius 1 is 1.06 bits per heavy atom. The van der Waals surface area contributed by atoms with Gasteiger partial charge in [0.25, 0.3) is 0 Å². The van der Waals surface area contributed by atoms with Gasteiger partial charge in [-0.2, -0.15) is 0 Å². The van der Waals surface area contributed by atoms with Crippen LogP contribution in [0.5, 0.6) is 0 Å². The van der Waals surface area contributed by atoms with E-state index in [9.17, 15) is 0 Å². The average molecular weight is 228 g/mol. The van der Waals surface area contributed by atoms with Crippen molar-refractivity contribution in [2.75, 3.05) is 0 Å². The van der Waals surface area contributed by atoms with Gasteiger partial charge in [-0.15, -0.1) is 0 Å². The summed E-state index contributed by atoms with van der Waals surface area (Å²) in [6.07, 6.45) is 11.4. The fourth-order valence-electron chi connectivity index (χ4n) is 2.49. The van der Waals surface area contributed by atoms with E-state index in [1.165, 1.54) is 30.5 Å². The minimum absolute atomic E-state index is 0.982. The second kappa shape index (κ2) is 4.28. The fourth-order valence-corrected chi connectivity index (χ4v) is 2.49. The van der Waals surface area contributed by atoms with Gasteiger partial charge in [-0.05, 0) is 32.6 Å². The largest absolute Gasteiger partial charge is 0.288 e. The Balaban J connectivity index is 2.14. The molecular weight excluding hydrogens is 212 g/mol. The van der Waals surface area contributed by atoms with Crippen molar-refractivity contribution in [2.45, 2.75) is 39.0 Å². The lowest BCUT2D eigenvalue weighted by atomic mass is 10.1. The number of nitrogens with zero attached hydrogens (tertiary/aromatic N) is 4. The molecule has 0 saturated heterocycles. The smallest absolute Gasteiger partial charge is 0.144 e. The summed E-state index contributed by atoms with van der Waals surface area (Å²) in [6.45, 7) is 2.01. The van der Waals surface area contributed by atoms with E-state index in [4.69, 9.17) is 0 Å². The van der Waals surface area contributed by atoms with E-state index < -0.39 is 0 Å². The van der Waals surface area contributed by atoms with Gasteiger partial charge in [-0.25, -0.2) is 15.0 Å². The molecule has 4 heteroatoms. The summed E-state index contributed by atoms with van der Waals surface area (Å²) >= 11 is 0. The van der Waals surface area contributed by atoms with E-state index in [1.807, 2.05) is 19.3 Å². The molecule has 0 aliphatic heterocycles. The second-order valence-electron chi connectivity index (χ2n) is 4.53. The molecule has 0 spiro atoms. The van der Waals surface area contributed by atoms with E-state index in [0.29, 0.717) is 0 Å². The minimum atomic E-state index is 0.982. The first-order valence-corrected chi connectivity index (χ1v) is 6.19. The zero-order valence-electron chi connectivity index (χ0n) is 10.1. The molecule has 0 fully saturated rings. The highest BCUT2D eigenvalue weighted by molar-refractivity contribution is 5.38. The molecule has 0 unspecified atom stereocenters. The van der Waals surface area contributed by atoms with E-state index in [1.54, 1.807) is 6.33 Å². The third-order valence-corrected chi connectivity index (χ3v) is 3.41. The molecule has 1 aliphatic carbocycles. The molecule has 0 radical (unpaired) electrons. The molecule has 0 N–H and O–H groups in total. The number of aromatic nitrogens is 4. The van der Waals surface area contributed by atoms with Gasteiger partial charge >= 0.3 is 0 Å². The molecule has 0 bridgehead atoms. The Morgan fingerprint density at radius 2 is 1.94 bits per heavy atom. The maximum absolute atomic E-state index is 4.45. The Kier molecular flexibility index (Phi) is 2.63. The zero-order valence-corrected chi connectivity index (χ0v) is 10.1. The Bertz CT molecular complexity index is 530. The summed E-state index contributed by atoms with van der Waals surface area (Å²) in [7, 11) is 0. The molecule has 0 atom stereocenters. The van der Waals surface area contributed by atoms with Crippen LogP contribution < -0.4 is 0 Å². The summed E-state index contributed by atoms with van der Waals surface area (Å²) in [5, 5.41) is 0. The fraction of sp³-hybridized carbons (Fsp3) is 0.462. The Labute approximate surface area is 101 Å². The number of hydrogen-bond donors (Lipinski definition) is 0. The quantitative estimate of drug-likeness (QED) is 0.703. The molecule has 4 nitrogen and oxygen atoms in total. The lowest BCUT2D eigenvalue weighted by molar-refractivity contribution is 0.708. The molecule has 0 aromatic carbocycles. The molecule has 0 amide bonds. The van der Waals surface area contributed by atoms with Gasteiger partial charge in [-0.3, -0.25) is 4.57 Å². The molecule has 2 aromatic rings. The lowest BCUT2D eigenvalue weighted by Crippen LogP contribution is -2.07. The number of rotatable bonds is 1. The van der Waals surface area contributed by atoms with Crippen LogP contribution in [0.1, 0.15) is 36.3 Å². The average Bonchev–Trinajstić information content (AvgIpc) is 2.63.